The number of ether oxygens (including phenoxy) is 2. The van der Waals surface area contributed by atoms with Gasteiger partial charge in [-0.25, -0.2) is 4.79 Å². The first-order valence-corrected chi connectivity index (χ1v) is 8.20. The lowest BCUT2D eigenvalue weighted by molar-refractivity contribution is -0.124. The van der Waals surface area contributed by atoms with Gasteiger partial charge < -0.3 is 14.8 Å². The van der Waals surface area contributed by atoms with E-state index in [2.05, 4.69) is 21.2 Å². The van der Waals surface area contributed by atoms with Gasteiger partial charge in [-0.1, -0.05) is 30.3 Å². The highest BCUT2D eigenvalue weighted by Crippen LogP contribution is 2.23. The van der Waals surface area contributed by atoms with Crippen molar-refractivity contribution in [1.82, 2.24) is 5.32 Å². The second-order valence-corrected chi connectivity index (χ2v) is 5.86. The maximum Gasteiger partial charge on any atom is 0.339 e. The third-order valence-corrected chi connectivity index (χ3v) is 4.00. The fraction of sp³-hybridized carbons (Fsp3) is 0.222. The van der Waals surface area contributed by atoms with Gasteiger partial charge in [0.05, 0.1) is 12.7 Å². The second-order valence-electron chi connectivity index (χ2n) is 5.01. The van der Waals surface area contributed by atoms with Gasteiger partial charge in [0.25, 0.3) is 5.91 Å². The summed E-state index contributed by atoms with van der Waals surface area (Å²) >= 11 is 3.28. The van der Waals surface area contributed by atoms with Crippen LogP contribution in [0.4, 0.5) is 0 Å². The third-order valence-electron chi connectivity index (χ3n) is 3.31. The van der Waals surface area contributed by atoms with Gasteiger partial charge in [-0.3, -0.25) is 4.79 Å². The van der Waals surface area contributed by atoms with Crippen molar-refractivity contribution in [2.45, 2.75) is 6.42 Å². The molecule has 0 radical (unpaired) electrons. The van der Waals surface area contributed by atoms with E-state index in [9.17, 15) is 9.59 Å². The van der Waals surface area contributed by atoms with E-state index in [1.54, 1.807) is 18.2 Å². The average molecular weight is 392 g/mol. The molecular weight excluding hydrogens is 374 g/mol. The van der Waals surface area contributed by atoms with Crippen LogP contribution in [0.5, 0.6) is 5.75 Å². The van der Waals surface area contributed by atoms with E-state index in [4.69, 9.17) is 9.47 Å². The van der Waals surface area contributed by atoms with Crippen molar-refractivity contribution >= 4 is 27.8 Å². The van der Waals surface area contributed by atoms with Crippen molar-refractivity contribution in [3.05, 3.63) is 64.1 Å². The molecule has 0 bridgehead atoms. The Bertz CT molecular complexity index is 703. The van der Waals surface area contributed by atoms with Crippen LogP contribution in [0, 0.1) is 0 Å². The highest BCUT2D eigenvalue weighted by Gasteiger charge is 2.14. The van der Waals surface area contributed by atoms with Crippen LogP contribution in [0.2, 0.25) is 0 Å². The monoisotopic (exact) mass is 391 g/mol. The Hall–Kier alpha value is -2.34. The summed E-state index contributed by atoms with van der Waals surface area (Å²) in [5.74, 6) is -0.380. The first-order valence-electron chi connectivity index (χ1n) is 7.41. The van der Waals surface area contributed by atoms with Crippen LogP contribution >= 0.6 is 15.9 Å². The first kappa shape index (κ1) is 18.0. The Morgan fingerprint density at radius 1 is 1.12 bits per heavy atom. The largest absolute Gasteiger partial charge is 0.497 e. The van der Waals surface area contributed by atoms with Gasteiger partial charge in [0, 0.05) is 11.0 Å². The van der Waals surface area contributed by atoms with Crippen LogP contribution in [0.1, 0.15) is 15.9 Å². The van der Waals surface area contributed by atoms with E-state index in [0.29, 0.717) is 22.3 Å². The molecule has 6 heteroatoms. The molecule has 0 aliphatic rings. The van der Waals surface area contributed by atoms with Crippen LogP contribution < -0.4 is 10.1 Å². The van der Waals surface area contributed by atoms with Gasteiger partial charge >= 0.3 is 5.97 Å². The molecule has 24 heavy (non-hydrogen) atoms. The molecule has 5 nitrogen and oxygen atoms in total. The molecule has 0 heterocycles. The van der Waals surface area contributed by atoms with E-state index in [0.717, 1.165) is 12.0 Å². The Kier molecular flexibility index (Phi) is 6.81. The number of hydrogen-bond donors (Lipinski definition) is 1. The molecule has 0 saturated heterocycles. The predicted octanol–water partition coefficient (Wildman–Crippen LogP) is 2.97. The third kappa shape index (κ3) is 5.38. The molecule has 1 N–H and O–H groups in total. The number of esters is 1. The van der Waals surface area contributed by atoms with Crippen molar-refractivity contribution in [2.24, 2.45) is 0 Å². The summed E-state index contributed by atoms with van der Waals surface area (Å²) in [7, 11) is 1.51. The van der Waals surface area contributed by atoms with Crippen molar-refractivity contribution < 1.29 is 19.1 Å². The minimum Gasteiger partial charge on any atom is -0.497 e. The van der Waals surface area contributed by atoms with Gasteiger partial charge in [-0.2, -0.15) is 0 Å². The molecule has 0 aliphatic carbocycles. The number of carbonyl (C=O) groups is 2. The number of rotatable bonds is 7. The molecule has 0 unspecified atom stereocenters. The van der Waals surface area contributed by atoms with E-state index in [1.807, 2.05) is 30.3 Å². The predicted molar refractivity (Wildman–Crippen MR) is 94.1 cm³/mol. The van der Waals surface area contributed by atoms with Crippen LogP contribution in [-0.2, 0) is 16.0 Å². The number of carbonyl (C=O) groups excluding carboxylic acids is 2. The van der Waals surface area contributed by atoms with E-state index in [-0.39, 0.29) is 12.5 Å². The normalized spacial score (nSPS) is 10.1. The lowest BCUT2D eigenvalue weighted by Crippen LogP contribution is -2.30. The summed E-state index contributed by atoms with van der Waals surface area (Å²) in [5, 5.41) is 2.72. The van der Waals surface area contributed by atoms with Gasteiger partial charge in [0.1, 0.15) is 5.75 Å². The fourth-order valence-corrected chi connectivity index (χ4v) is 2.45. The molecule has 0 fully saturated rings. The maximum atomic E-state index is 12.0. The van der Waals surface area contributed by atoms with Crippen LogP contribution in [0.25, 0.3) is 0 Å². The zero-order valence-electron chi connectivity index (χ0n) is 13.3. The maximum absolute atomic E-state index is 12.0. The van der Waals surface area contributed by atoms with Gasteiger partial charge in [0.2, 0.25) is 0 Å². The standard InChI is InChI=1S/C18H18BrNO4/c1-23-14-7-8-16(19)15(11-14)18(22)24-12-17(21)20-10-9-13-5-3-2-4-6-13/h2-8,11H,9-10,12H2,1H3,(H,20,21). The molecule has 126 valence electrons. The summed E-state index contributed by atoms with van der Waals surface area (Å²) in [6.07, 6.45) is 0.724. The quantitative estimate of drug-likeness (QED) is 0.736. The zero-order chi connectivity index (χ0) is 17.4. The van der Waals surface area contributed by atoms with Crippen molar-refractivity contribution in [3.8, 4) is 5.75 Å². The highest BCUT2D eigenvalue weighted by atomic mass is 79.9. The Morgan fingerprint density at radius 3 is 2.58 bits per heavy atom. The number of hydrogen-bond acceptors (Lipinski definition) is 4. The molecule has 2 aromatic carbocycles. The van der Waals surface area contributed by atoms with Crippen molar-refractivity contribution in [1.29, 1.82) is 0 Å². The van der Waals surface area contributed by atoms with E-state index >= 15 is 0 Å². The van der Waals surface area contributed by atoms with Crippen molar-refractivity contribution in [2.75, 3.05) is 20.3 Å². The summed E-state index contributed by atoms with van der Waals surface area (Å²) < 4.78 is 10.7. The Morgan fingerprint density at radius 2 is 1.88 bits per heavy atom. The first-order chi connectivity index (χ1) is 11.6. The smallest absolute Gasteiger partial charge is 0.339 e. The minimum absolute atomic E-state index is 0.312. The molecule has 0 saturated carbocycles. The SMILES string of the molecule is COc1ccc(Br)c(C(=O)OCC(=O)NCCc2ccccc2)c1. The molecule has 0 aliphatic heterocycles. The Labute approximate surface area is 149 Å². The van der Waals surface area contributed by atoms with Crippen LogP contribution in [0.15, 0.2) is 53.0 Å². The molecule has 0 spiro atoms. The highest BCUT2D eigenvalue weighted by molar-refractivity contribution is 9.10. The lowest BCUT2D eigenvalue weighted by atomic mass is 10.1. The summed E-state index contributed by atoms with van der Waals surface area (Å²) in [5.41, 5.74) is 1.45. The summed E-state index contributed by atoms with van der Waals surface area (Å²) in [6, 6.07) is 14.8. The fourth-order valence-electron chi connectivity index (χ4n) is 2.04. The summed E-state index contributed by atoms with van der Waals surface area (Å²) in [6.45, 7) is 0.167. The van der Waals surface area contributed by atoms with Gasteiger partial charge in [0.15, 0.2) is 6.61 Å². The minimum atomic E-state index is -0.584. The topological polar surface area (TPSA) is 64.6 Å². The molecule has 2 aromatic rings. The van der Waals surface area contributed by atoms with Gasteiger partial charge in [-0.05, 0) is 46.1 Å². The zero-order valence-corrected chi connectivity index (χ0v) is 14.8. The van der Waals surface area contributed by atoms with E-state index < -0.39 is 5.97 Å². The van der Waals surface area contributed by atoms with Crippen LogP contribution in [0.3, 0.4) is 0 Å². The number of methoxy groups -OCH3 is 1. The Balaban J connectivity index is 1.78. The second kappa shape index (κ2) is 9.08. The average Bonchev–Trinajstić information content (AvgIpc) is 2.61. The lowest BCUT2D eigenvalue weighted by Gasteiger charge is -2.09. The van der Waals surface area contributed by atoms with Crippen molar-refractivity contribution in [3.63, 3.8) is 0 Å². The number of benzene rings is 2. The molecular formula is C18H18BrNO4. The number of amides is 1. The summed E-state index contributed by atoms with van der Waals surface area (Å²) in [4.78, 5) is 23.8. The molecule has 0 aromatic heterocycles. The van der Waals surface area contributed by atoms with E-state index in [1.165, 1.54) is 7.11 Å². The van der Waals surface area contributed by atoms with Crippen LogP contribution in [-0.4, -0.2) is 32.1 Å². The number of halogens is 1. The molecule has 1 amide bonds. The number of nitrogens with one attached hydrogen (secondary N) is 1. The van der Waals surface area contributed by atoms with Gasteiger partial charge in [-0.15, -0.1) is 0 Å². The molecule has 2 rings (SSSR count). The molecule has 0 atom stereocenters.